The molecule has 18 heavy (non-hydrogen) atoms. The van der Waals surface area contributed by atoms with Gasteiger partial charge in [0.2, 0.25) is 11.0 Å². The molecule has 0 aromatic rings. The van der Waals surface area contributed by atoms with E-state index >= 15 is 0 Å². The van der Waals surface area contributed by atoms with Crippen molar-refractivity contribution in [2.24, 2.45) is 0 Å². The Labute approximate surface area is 111 Å². The van der Waals surface area contributed by atoms with Crippen LogP contribution >= 0.6 is 23.5 Å². The van der Waals surface area contributed by atoms with E-state index in [0.29, 0.717) is 5.75 Å². The molecule has 1 fully saturated rings. The summed E-state index contributed by atoms with van der Waals surface area (Å²) < 4.78 is 0. The lowest BCUT2D eigenvalue weighted by Crippen LogP contribution is -2.42. The van der Waals surface area contributed by atoms with Gasteiger partial charge < -0.3 is 15.7 Å². The SMILES string of the molecule is CC(=O)N[C@@H](CSC(=O)[C@H]1CSC(=O)N1)C(=O)O. The molecule has 0 aliphatic carbocycles. The largest absolute Gasteiger partial charge is 0.480 e. The fraction of sp³-hybridized carbons (Fsp3) is 0.556. The molecule has 7 nitrogen and oxygen atoms in total. The van der Waals surface area contributed by atoms with Gasteiger partial charge in [-0.05, 0) is 0 Å². The standard InChI is InChI=1S/C9H12N2O5S2/c1-4(12)10-5(7(13)14)2-17-8(15)6-3-18-9(16)11-6/h5-6H,2-3H2,1H3,(H,10,12)(H,11,16)(H,13,14)/t5-,6+/m0/s1. The average molecular weight is 292 g/mol. The van der Waals surface area contributed by atoms with Crippen molar-refractivity contribution in [1.82, 2.24) is 10.6 Å². The number of hydrogen-bond donors (Lipinski definition) is 3. The third-order valence-corrected chi connectivity index (χ3v) is 3.97. The molecule has 100 valence electrons. The quantitative estimate of drug-likeness (QED) is 0.635. The molecular formula is C9H12N2O5S2. The van der Waals surface area contributed by atoms with Gasteiger partial charge in [0.25, 0.3) is 5.24 Å². The second-order valence-corrected chi connectivity index (χ2v) is 5.53. The maximum absolute atomic E-state index is 11.6. The fourth-order valence-electron chi connectivity index (χ4n) is 1.20. The molecule has 1 aliphatic heterocycles. The summed E-state index contributed by atoms with van der Waals surface area (Å²) in [6.07, 6.45) is 0. The maximum Gasteiger partial charge on any atom is 0.327 e. The van der Waals surface area contributed by atoms with Crippen LogP contribution in [0.2, 0.25) is 0 Å². The highest BCUT2D eigenvalue weighted by Gasteiger charge is 2.29. The molecule has 0 saturated carbocycles. The lowest BCUT2D eigenvalue weighted by molar-refractivity contribution is -0.140. The number of nitrogens with one attached hydrogen (secondary N) is 2. The summed E-state index contributed by atoms with van der Waals surface area (Å²) >= 11 is 1.81. The van der Waals surface area contributed by atoms with Crippen LogP contribution in [0.1, 0.15) is 6.92 Å². The van der Waals surface area contributed by atoms with Gasteiger partial charge in [0, 0.05) is 18.4 Å². The van der Waals surface area contributed by atoms with E-state index in [2.05, 4.69) is 10.6 Å². The number of amides is 2. The predicted molar refractivity (Wildman–Crippen MR) is 67.5 cm³/mol. The van der Waals surface area contributed by atoms with Crippen molar-refractivity contribution >= 4 is 45.8 Å². The van der Waals surface area contributed by atoms with Crippen molar-refractivity contribution < 1.29 is 24.3 Å². The van der Waals surface area contributed by atoms with Crippen molar-refractivity contribution in [2.45, 2.75) is 19.0 Å². The number of thioether (sulfide) groups is 2. The smallest absolute Gasteiger partial charge is 0.327 e. The molecule has 3 N–H and O–H groups in total. The summed E-state index contributed by atoms with van der Waals surface area (Å²) in [6, 6.07) is -1.69. The first-order valence-corrected chi connectivity index (χ1v) is 6.97. The summed E-state index contributed by atoms with van der Waals surface area (Å²) in [5.41, 5.74) is 0. The minimum Gasteiger partial charge on any atom is -0.480 e. The second kappa shape index (κ2) is 6.64. The lowest BCUT2D eigenvalue weighted by Gasteiger charge is -2.13. The number of rotatable bonds is 5. The molecule has 9 heteroatoms. The highest BCUT2D eigenvalue weighted by molar-refractivity contribution is 8.15. The number of carbonyl (C=O) groups excluding carboxylic acids is 3. The summed E-state index contributed by atoms with van der Waals surface area (Å²) in [7, 11) is 0. The van der Waals surface area contributed by atoms with Crippen LogP contribution in [-0.2, 0) is 14.4 Å². The molecule has 1 aliphatic rings. The Bertz CT molecular complexity index is 387. The number of carboxylic acids is 1. The first-order chi connectivity index (χ1) is 8.40. The normalized spacial score (nSPS) is 20.1. The molecule has 2 amide bonds. The molecule has 0 unspecified atom stereocenters. The van der Waals surface area contributed by atoms with E-state index in [9.17, 15) is 19.2 Å². The molecule has 0 bridgehead atoms. The molecule has 1 heterocycles. The Morgan fingerprint density at radius 3 is 2.72 bits per heavy atom. The van der Waals surface area contributed by atoms with Crippen LogP contribution in [0.15, 0.2) is 0 Å². The number of carbonyl (C=O) groups is 4. The van der Waals surface area contributed by atoms with E-state index in [-0.39, 0.29) is 16.1 Å². The monoisotopic (exact) mass is 292 g/mol. The van der Waals surface area contributed by atoms with Gasteiger partial charge in [0.05, 0.1) is 0 Å². The first-order valence-electron chi connectivity index (χ1n) is 5.00. The van der Waals surface area contributed by atoms with Gasteiger partial charge in [0.15, 0.2) is 0 Å². The van der Waals surface area contributed by atoms with E-state index in [1.165, 1.54) is 6.92 Å². The minimum absolute atomic E-state index is 0.0647. The summed E-state index contributed by atoms with van der Waals surface area (Å²) in [4.78, 5) is 44.1. The molecular weight excluding hydrogens is 280 g/mol. The van der Waals surface area contributed by atoms with Gasteiger partial charge in [-0.3, -0.25) is 14.4 Å². The molecule has 1 rings (SSSR count). The van der Waals surface area contributed by atoms with Crippen LogP contribution in [0.25, 0.3) is 0 Å². The minimum atomic E-state index is -1.20. The molecule has 0 radical (unpaired) electrons. The molecule has 0 aromatic heterocycles. The molecule has 2 atom stereocenters. The lowest BCUT2D eigenvalue weighted by atomic mass is 10.3. The highest BCUT2D eigenvalue weighted by Crippen LogP contribution is 2.18. The third-order valence-electron chi connectivity index (χ3n) is 2.03. The topological polar surface area (TPSA) is 113 Å². The van der Waals surface area contributed by atoms with Gasteiger partial charge in [-0.2, -0.15) is 0 Å². The van der Waals surface area contributed by atoms with Gasteiger partial charge in [-0.25, -0.2) is 4.79 Å². The van der Waals surface area contributed by atoms with E-state index in [4.69, 9.17) is 5.11 Å². The number of aliphatic carboxylic acids is 1. The number of hydrogen-bond acceptors (Lipinski definition) is 6. The second-order valence-electron chi connectivity index (χ2n) is 3.52. The van der Waals surface area contributed by atoms with Crippen LogP contribution in [-0.4, -0.2) is 50.9 Å². The Hall–Kier alpha value is -1.22. The Balaban J connectivity index is 2.42. The fourth-order valence-corrected chi connectivity index (χ4v) is 2.98. The van der Waals surface area contributed by atoms with E-state index in [0.717, 1.165) is 23.5 Å². The zero-order chi connectivity index (χ0) is 13.7. The summed E-state index contributed by atoms with van der Waals surface area (Å²) in [6.45, 7) is 1.20. The van der Waals surface area contributed by atoms with Crippen LogP contribution in [0, 0.1) is 0 Å². The summed E-state index contributed by atoms with van der Waals surface area (Å²) in [5.74, 6) is -1.39. The Morgan fingerprint density at radius 1 is 1.61 bits per heavy atom. The van der Waals surface area contributed by atoms with Crippen molar-refractivity contribution in [1.29, 1.82) is 0 Å². The van der Waals surface area contributed by atoms with E-state index in [1.54, 1.807) is 0 Å². The maximum atomic E-state index is 11.6. The van der Waals surface area contributed by atoms with Crippen molar-refractivity contribution in [2.75, 3.05) is 11.5 Å². The number of carboxylic acid groups (broad SMARTS) is 1. The van der Waals surface area contributed by atoms with Gasteiger partial charge in [0.1, 0.15) is 12.1 Å². The molecule has 0 spiro atoms. The van der Waals surface area contributed by atoms with Crippen LogP contribution < -0.4 is 10.6 Å². The van der Waals surface area contributed by atoms with Crippen molar-refractivity contribution in [3.8, 4) is 0 Å². The zero-order valence-electron chi connectivity index (χ0n) is 9.47. The summed E-state index contributed by atoms with van der Waals surface area (Å²) in [5, 5.41) is 13.0. The Morgan fingerprint density at radius 2 is 2.28 bits per heavy atom. The third kappa shape index (κ3) is 4.57. The molecule has 0 aromatic carbocycles. The van der Waals surface area contributed by atoms with Gasteiger partial charge in [-0.1, -0.05) is 23.5 Å². The van der Waals surface area contributed by atoms with Crippen LogP contribution in [0.3, 0.4) is 0 Å². The predicted octanol–water partition coefficient (Wildman–Crippen LogP) is -0.340. The average Bonchev–Trinajstić information content (AvgIpc) is 2.69. The van der Waals surface area contributed by atoms with Gasteiger partial charge >= 0.3 is 5.97 Å². The Kier molecular flexibility index (Phi) is 5.48. The van der Waals surface area contributed by atoms with Crippen LogP contribution in [0.5, 0.6) is 0 Å². The van der Waals surface area contributed by atoms with Crippen molar-refractivity contribution in [3.63, 3.8) is 0 Å². The van der Waals surface area contributed by atoms with E-state index in [1.807, 2.05) is 0 Å². The molecule has 1 saturated heterocycles. The zero-order valence-corrected chi connectivity index (χ0v) is 11.1. The first kappa shape index (κ1) is 14.8. The van der Waals surface area contributed by atoms with Crippen LogP contribution in [0.4, 0.5) is 4.79 Å². The highest BCUT2D eigenvalue weighted by atomic mass is 32.2. The van der Waals surface area contributed by atoms with Crippen molar-refractivity contribution in [3.05, 3.63) is 0 Å². The van der Waals surface area contributed by atoms with Gasteiger partial charge in [-0.15, -0.1) is 0 Å². The van der Waals surface area contributed by atoms with E-state index < -0.39 is 24.0 Å².